The number of allylic oxidation sites excluding steroid dienone is 2. The molecule has 0 aliphatic heterocycles. The molecule has 0 aromatic heterocycles. The second-order valence-corrected chi connectivity index (χ2v) is 19.5. The van der Waals surface area contributed by atoms with Gasteiger partial charge < -0.3 is 24.6 Å². The standard InChI is InChI=1S/C49H69NO6/c1-32-11-10-23-48(4)41(39-20-15-33(25-38(51)19-14-32)26-40(39)46(53)35-12-8-7-9-13-35)22-24-49(48,54)31-50(30-36-17-18-37-29-42(36)47(37,2)3)45(52)28-34-16-21-43(55-5)44(27-34)56-6/h11,15-16,20-21,26-27,35-38,41-42,51,54H,7-10,12-14,17-19,22-25,28-31H2,1-6H3/t36-,37-,38-,41-,42-,48-,49+/m0/s1. The van der Waals surface area contributed by atoms with E-state index in [1.807, 2.05) is 23.1 Å². The summed E-state index contributed by atoms with van der Waals surface area (Å²) in [5, 5.41) is 24.4. The highest BCUT2D eigenvalue weighted by molar-refractivity contribution is 5.99. The maximum atomic E-state index is 14.7. The third-order valence-electron chi connectivity index (χ3n) is 16.0. The summed E-state index contributed by atoms with van der Waals surface area (Å²) >= 11 is 0. The van der Waals surface area contributed by atoms with Crippen LogP contribution in [0, 0.1) is 34.5 Å². The second kappa shape index (κ2) is 16.6. The highest BCUT2D eigenvalue weighted by Gasteiger charge is 2.59. The Labute approximate surface area is 336 Å². The van der Waals surface area contributed by atoms with Gasteiger partial charge in [0.05, 0.1) is 32.3 Å². The van der Waals surface area contributed by atoms with Gasteiger partial charge in [-0.05, 0) is 148 Å². The number of carbonyl (C=O) groups excluding carboxylic acids is 2. The fourth-order valence-electron chi connectivity index (χ4n) is 12.1. The first-order valence-corrected chi connectivity index (χ1v) is 22.0. The predicted octanol–water partition coefficient (Wildman–Crippen LogP) is 9.65. The number of fused-ring (bicyclic) bond motifs is 10. The Morgan fingerprint density at radius 1 is 0.893 bits per heavy atom. The summed E-state index contributed by atoms with van der Waals surface area (Å²) in [6.45, 7) is 10.2. The molecule has 2 aromatic rings. The number of methoxy groups -OCH3 is 2. The van der Waals surface area contributed by atoms with Crippen molar-refractivity contribution in [3.05, 3.63) is 70.3 Å². The largest absolute Gasteiger partial charge is 0.493 e. The van der Waals surface area contributed by atoms with Crippen LogP contribution in [0.25, 0.3) is 0 Å². The van der Waals surface area contributed by atoms with Gasteiger partial charge in [0.2, 0.25) is 5.91 Å². The van der Waals surface area contributed by atoms with Gasteiger partial charge in [-0.25, -0.2) is 0 Å². The molecule has 0 saturated heterocycles. The lowest BCUT2D eigenvalue weighted by atomic mass is 9.45. The lowest BCUT2D eigenvalue weighted by Gasteiger charge is -2.61. The van der Waals surface area contributed by atoms with Crippen molar-refractivity contribution in [1.82, 2.24) is 4.90 Å². The van der Waals surface area contributed by atoms with E-state index < -0.39 is 17.1 Å². The normalized spacial score (nSPS) is 31.7. The number of ether oxygens (including phenoxy) is 2. The van der Waals surface area contributed by atoms with Gasteiger partial charge in [-0.2, -0.15) is 0 Å². The third kappa shape index (κ3) is 7.97. The first kappa shape index (κ1) is 41.0. The number of aliphatic hydroxyl groups is 2. The van der Waals surface area contributed by atoms with Crippen LogP contribution in [0.5, 0.6) is 11.5 Å². The molecule has 7 nitrogen and oxygen atoms in total. The van der Waals surface area contributed by atoms with Crippen LogP contribution in [0.1, 0.15) is 151 Å². The summed E-state index contributed by atoms with van der Waals surface area (Å²) in [5.41, 5.74) is 3.51. The zero-order chi connectivity index (χ0) is 39.8. The topological polar surface area (TPSA) is 96.3 Å². The van der Waals surface area contributed by atoms with E-state index in [0.717, 1.165) is 86.0 Å². The quantitative estimate of drug-likeness (QED) is 0.185. The summed E-state index contributed by atoms with van der Waals surface area (Å²) in [4.78, 5) is 31.3. The number of hydrogen-bond acceptors (Lipinski definition) is 6. The number of carbonyl (C=O) groups is 2. The van der Waals surface area contributed by atoms with E-state index in [9.17, 15) is 19.8 Å². The summed E-state index contributed by atoms with van der Waals surface area (Å²) in [7, 11) is 3.24. The molecule has 56 heavy (non-hydrogen) atoms. The minimum absolute atomic E-state index is 0.0224. The van der Waals surface area contributed by atoms with Crippen LogP contribution in [0.4, 0.5) is 0 Å². The van der Waals surface area contributed by atoms with E-state index in [0.29, 0.717) is 49.1 Å². The number of amides is 1. The Bertz CT molecular complexity index is 1770. The van der Waals surface area contributed by atoms with Gasteiger partial charge >= 0.3 is 0 Å². The molecule has 0 radical (unpaired) electrons. The van der Waals surface area contributed by atoms with Crippen LogP contribution in [-0.2, 0) is 17.6 Å². The predicted molar refractivity (Wildman–Crippen MR) is 222 cm³/mol. The van der Waals surface area contributed by atoms with Crippen molar-refractivity contribution in [2.75, 3.05) is 27.3 Å². The van der Waals surface area contributed by atoms with Crippen LogP contribution in [0.15, 0.2) is 48.0 Å². The van der Waals surface area contributed by atoms with E-state index in [2.05, 4.69) is 52.0 Å². The van der Waals surface area contributed by atoms with Gasteiger partial charge in [0, 0.05) is 30.0 Å². The monoisotopic (exact) mass is 768 g/mol. The van der Waals surface area contributed by atoms with Crippen LogP contribution >= 0.6 is 0 Å². The molecule has 5 fully saturated rings. The first-order valence-electron chi connectivity index (χ1n) is 22.0. The first-order chi connectivity index (χ1) is 26.8. The van der Waals surface area contributed by atoms with E-state index in [-0.39, 0.29) is 41.9 Å². The number of ketones is 1. The van der Waals surface area contributed by atoms with Crippen LogP contribution in [-0.4, -0.2) is 65.8 Å². The third-order valence-corrected chi connectivity index (χ3v) is 16.0. The zero-order valence-electron chi connectivity index (χ0n) is 35.2. The molecule has 5 saturated carbocycles. The molecule has 7 aliphatic carbocycles. The van der Waals surface area contributed by atoms with Crippen molar-refractivity contribution >= 4 is 11.7 Å². The van der Waals surface area contributed by atoms with E-state index in [4.69, 9.17) is 9.47 Å². The average molecular weight is 768 g/mol. The molecule has 7 aliphatic rings. The lowest BCUT2D eigenvalue weighted by Crippen LogP contribution is -2.58. The lowest BCUT2D eigenvalue weighted by molar-refractivity contribution is -0.149. The second-order valence-electron chi connectivity index (χ2n) is 19.5. The van der Waals surface area contributed by atoms with Crippen LogP contribution < -0.4 is 9.47 Å². The molecule has 2 N–H and O–H groups in total. The maximum absolute atomic E-state index is 14.7. The van der Waals surface area contributed by atoms with E-state index in [1.165, 1.54) is 24.8 Å². The van der Waals surface area contributed by atoms with Crippen molar-refractivity contribution in [2.24, 2.45) is 34.5 Å². The van der Waals surface area contributed by atoms with E-state index in [1.54, 1.807) is 14.2 Å². The number of nitrogens with zero attached hydrogens (tertiary/aromatic N) is 1. The van der Waals surface area contributed by atoms with E-state index >= 15 is 0 Å². The summed E-state index contributed by atoms with van der Waals surface area (Å²) in [6.07, 6.45) is 15.7. The fourth-order valence-corrected chi connectivity index (χ4v) is 12.1. The smallest absolute Gasteiger partial charge is 0.227 e. The van der Waals surface area contributed by atoms with Gasteiger partial charge in [0.15, 0.2) is 17.3 Å². The highest BCUT2D eigenvalue weighted by Crippen LogP contribution is 2.62. The molecule has 7 atom stereocenters. The summed E-state index contributed by atoms with van der Waals surface area (Å²) < 4.78 is 11.1. The van der Waals surface area contributed by atoms with Crippen molar-refractivity contribution in [3.8, 4) is 11.5 Å². The highest BCUT2D eigenvalue weighted by atomic mass is 16.5. The zero-order valence-corrected chi connectivity index (χ0v) is 35.2. The Morgan fingerprint density at radius 3 is 2.38 bits per heavy atom. The summed E-state index contributed by atoms with van der Waals surface area (Å²) in [5.74, 6) is 3.22. The number of benzene rings is 2. The van der Waals surface area contributed by atoms with Gasteiger partial charge in [-0.1, -0.05) is 69.9 Å². The Morgan fingerprint density at radius 2 is 1.66 bits per heavy atom. The SMILES string of the molecule is COc1ccc(CC(=O)N(C[C@@H]2CC[C@H]3C[C@@H]2C3(C)C)C[C@]2(O)CC[C@H]3c4ccc(cc4C(=O)C4CCCCC4)C[C@@H](O)CCC(C)=CCC[C@@]32C)cc1OC. The van der Waals surface area contributed by atoms with Crippen molar-refractivity contribution in [3.63, 3.8) is 0 Å². The van der Waals surface area contributed by atoms with Gasteiger partial charge in [-0.15, -0.1) is 0 Å². The van der Waals surface area contributed by atoms with Gasteiger partial charge in [0.25, 0.3) is 0 Å². The molecule has 2 aromatic carbocycles. The van der Waals surface area contributed by atoms with Crippen molar-refractivity contribution in [2.45, 2.75) is 148 Å². The average Bonchev–Trinajstić information content (AvgIpc) is 3.44. The fraction of sp³-hybridized carbons (Fsp3) is 0.673. The molecule has 9 rings (SSSR count). The number of Topliss-reactive ketones (excluding diaryl/α,β-unsaturated/α-hetero) is 1. The molecule has 306 valence electrons. The van der Waals surface area contributed by atoms with Gasteiger partial charge in [0.1, 0.15) is 0 Å². The molecule has 0 spiro atoms. The summed E-state index contributed by atoms with van der Waals surface area (Å²) in [6, 6.07) is 12.1. The molecule has 7 heteroatoms. The van der Waals surface area contributed by atoms with Gasteiger partial charge in [-0.3, -0.25) is 9.59 Å². The Balaban J connectivity index is 1.25. The number of rotatable bonds is 10. The Hall–Kier alpha value is -3.16. The van der Waals surface area contributed by atoms with Crippen molar-refractivity contribution < 1.29 is 29.3 Å². The minimum atomic E-state index is -1.16. The van der Waals surface area contributed by atoms with Crippen molar-refractivity contribution in [1.29, 1.82) is 0 Å². The number of hydrogen-bond donors (Lipinski definition) is 2. The Kier molecular flexibility index (Phi) is 12.2. The molecule has 1 amide bonds. The molecular weight excluding hydrogens is 699 g/mol. The van der Waals surface area contributed by atoms with Crippen LogP contribution in [0.2, 0.25) is 0 Å². The molecule has 0 heterocycles. The molecule has 0 unspecified atom stereocenters. The molecular formula is C49H69NO6. The van der Waals surface area contributed by atoms with Crippen LogP contribution in [0.3, 0.4) is 0 Å². The minimum Gasteiger partial charge on any atom is -0.493 e. The number of aliphatic hydroxyl groups excluding tert-OH is 1. The maximum Gasteiger partial charge on any atom is 0.227 e. The molecule has 4 bridgehead atoms.